The summed E-state index contributed by atoms with van der Waals surface area (Å²) in [7, 11) is 0. The fourth-order valence-electron chi connectivity index (χ4n) is 3.56. The summed E-state index contributed by atoms with van der Waals surface area (Å²) >= 11 is 0. The van der Waals surface area contributed by atoms with Gasteiger partial charge in [0.15, 0.2) is 5.82 Å². The number of anilines is 2. The van der Waals surface area contributed by atoms with Gasteiger partial charge in [-0.1, -0.05) is 31.7 Å². The van der Waals surface area contributed by atoms with Crippen molar-refractivity contribution in [2.75, 3.05) is 18.0 Å². The number of hydrogen-bond donors (Lipinski definition) is 3. The molecule has 2 heterocycles. The largest absolute Gasteiger partial charge is 0.399 e. The molecule has 2 aromatic heterocycles. The lowest BCUT2D eigenvalue weighted by Crippen LogP contribution is -2.30. The molecule has 0 bridgehead atoms. The number of nitrogens with zero attached hydrogens (tertiary/aromatic N) is 3. The summed E-state index contributed by atoms with van der Waals surface area (Å²) in [6.45, 7) is 9.49. The quantitative estimate of drug-likeness (QED) is 0.383. The molecule has 3 aromatic rings. The Hall–Kier alpha value is -3.61. The first kappa shape index (κ1) is 22.1. The lowest BCUT2D eigenvalue weighted by Gasteiger charge is -2.10. The van der Waals surface area contributed by atoms with Crippen LogP contribution in [0.25, 0.3) is 23.7 Å². The minimum absolute atomic E-state index is 0.0916. The molecule has 0 aliphatic carbocycles. The molecule has 7 heteroatoms. The molecule has 0 radical (unpaired) electrons. The van der Waals surface area contributed by atoms with Crippen LogP contribution >= 0.6 is 0 Å². The molecular weight excluding hydrogens is 388 g/mol. The molecule has 1 amide bonds. The van der Waals surface area contributed by atoms with Crippen LogP contribution in [0, 0.1) is 0 Å². The number of carbonyl (C=O) groups is 1. The van der Waals surface area contributed by atoms with Crippen molar-refractivity contribution in [2.24, 2.45) is 0 Å². The van der Waals surface area contributed by atoms with Gasteiger partial charge in [-0.2, -0.15) is 0 Å². The highest BCUT2D eigenvalue weighted by molar-refractivity contribution is 5.94. The maximum Gasteiger partial charge on any atom is 0.251 e. The molecule has 0 atom stereocenters. The van der Waals surface area contributed by atoms with Crippen LogP contribution in [0.2, 0.25) is 0 Å². The second-order valence-corrected chi connectivity index (χ2v) is 7.37. The van der Waals surface area contributed by atoms with E-state index in [-0.39, 0.29) is 5.91 Å². The zero-order chi connectivity index (χ0) is 22.4. The molecule has 0 fully saturated rings. The Kier molecular flexibility index (Phi) is 7.07. The molecule has 0 spiro atoms. The number of rotatable bonds is 8. The van der Waals surface area contributed by atoms with Crippen LogP contribution in [0.3, 0.4) is 0 Å². The molecule has 7 nitrogen and oxygen atoms in total. The Balaban J connectivity index is 1.74. The van der Waals surface area contributed by atoms with Crippen molar-refractivity contribution in [3.8, 4) is 0 Å². The van der Waals surface area contributed by atoms with Gasteiger partial charge in [-0.25, -0.2) is 9.97 Å². The molecule has 0 aliphatic rings. The number of carbonyl (C=O) groups excluding carboxylic acids is 1. The molecule has 162 valence electrons. The molecule has 0 saturated carbocycles. The summed E-state index contributed by atoms with van der Waals surface area (Å²) in [6, 6.07) is 6.91. The van der Waals surface area contributed by atoms with E-state index in [1.807, 2.05) is 25.2 Å². The number of amides is 1. The topological polar surface area (TPSA) is 112 Å². The molecule has 0 saturated heterocycles. The smallest absolute Gasteiger partial charge is 0.251 e. The lowest BCUT2D eigenvalue weighted by molar-refractivity contribution is 0.0953. The molecule has 0 aliphatic heterocycles. The summed E-state index contributed by atoms with van der Waals surface area (Å²) in [4.78, 5) is 21.4. The van der Waals surface area contributed by atoms with E-state index in [1.54, 1.807) is 24.3 Å². The van der Waals surface area contributed by atoms with Crippen molar-refractivity contribution in [3.05, 3.63) is 58.4 Å². The Morgan fingerprint density at radius 3 is 2.61 bits per heavy atom. The highest BCUT2D eigenvalue weighted by Crippen LogP contribution is 2.17. The predicted octanol–water partition coefficient (Wildman–Crippen LogP) is 2.14. The molecule has 3 rings (SSSR count). The van der Waals surface area contributed by atoms with Gasteiger partial charge >= 0.3 is 0 Å². The summed E-state index contributed by atoms with van der Waals surface area (Å²) in [5.74, 6) is 1.28. The number of nitrogen functional groups attached to an aromatic ring is 2. The van der Waals surface area contributed by atoms with E-state index in [2.05, 4.69) is 28.4 Å². The van der Waals surface area contributed by atoms with Crippen molar-refractivity contribution in [1.82, 2.24) is 19.9 Å². The van der Waals surface area contributed by atoms with E-state index < -0.39 is 0 Å². The van der Waals surface area contributed by atoms with Gasteiger partial charge in [-0.3, -0.25) is 4.79 Å². The first-order chi connectivity index (χ1) is 15.0. The normalized spacial score (nSPS) is 12.1. The first-order valence-corrected chi connectivity index (χ1v) is 10.6. The van der Waals surface area contributed by atoms with Crippen LogP contribution in [0.5, 0.6) is 0 Å². The number of nitrogens with one attached hydrogen (secondary N) is 1. The van der Waals surface area contributed by atoms with Crippen LogP contribution < -0.4 is 27.4 Å². The Morgan fingerprint density at radius 1 is 1.19 bits per heavy atom. The second kappa shape index (κ2) is 9.93. The van der Waals surface area contributed by atoms with Crippen molar-refractivity contribution in [1.29, 1.82) is 0 Å². The number of allylic oxidation sites excluding steroid dienone is 2. The predicted molar refractivity (Wildman–Crippen MR) is 128 cm³/mol. The number of aryl methyl sites for hydroxylation is 2. The minimum Gasteiger partial charge on any atom is -0.399 e. The van der Waals surface area contributed by atoms with Crippen molar-refractivity contribution in [3.63, 3.8) is 0 Å². The van der Waals surface area contributed by atoms with Gasteiger partial charge in [0.05, 0.1) is 10.9 Å². The number of hydrogen-bond acceptors (Lipinski definition) is 5. The summed E-state index contributed by atoms with van der Waals surface area (Å²) in [6.07, 6.45) is 8.45. The monoisotopic (exact) mass is 418 g/mol. The lowest BCUT2D eigenvalue weighted by atomic mass is 10.2. The van der Waals surface area contributed by atoms with E-state index in [1.165, 1.54) is 0 Å². The number of pyridine rings is 1. The third-order valence-corrected chi connectivity index (χ3v) is 5.15. The summed E-state index contributed by atoms with van der Waals surface area (Å²) in [5, 5.41) is 4.54. The zero-order valence-electron chi connectivity index (χ0n) is 18.2. The molecule has 0 unspecified atom stereocenters. The average Bonchev–Trinajstić information content (AvgIpc) is 3.13. The van der Waals surface area contributed by atoms with E-state index >= 15 is 0 Å². The van der Waals surface area contributed by atoms with Gasteiger partial charge in [-0.15, -0.1) is 0 Å². The maximum atomic E-state index is 12.2. The van der Waals surface area contributed by atoms with Gasteiger partial charge in [0, 0.05) is 36.0 Å². The van der Waals surface area contributed by atoms with Gasteiger partial charge in [-0.05, 0) is 44.0 Å². The van der Waals surface area contributed by atoms with Crippen LogP contribution in [-0.2, 0) is 13.0 Å². The Bertz CT molecular complexity index is 1210. The molecule has 5 N–H and O–H groups in total. The minimum atomic E-state index is -0.0916. The van der Waals surface area contributed by atoms with Crippen LogP contribution in [0.4, 0.5) is 11.5 Å². The van der Waals surface area contributed by atoms with Crippen LogP contribution in [0.1, 0.15) is 42.9 Å². The number of imidazole rings is 1. The fourth-order valence-corrected chi connectivity index (χ4v) is 3.56. The molecule has 31 heavy (non-hydrogen) atoms. The van der Waals surface area contributed by atoms with E-state index in [0.717, 1.165) is 47.9 Å². The zero-order valence-corrected chi connectivity index (χ0v) is 18.2. The highest BCUT2D eigenvalue weighted by atomic mass is 16.1. The van der Waals surface area contributed by atoms with Gasteiger partial charge in [0.2, 0.25) is 0 Å². The number of fused-ring (bicyclic) bond motifs is 1. The summed E-state index contributed by atoms with van der Waals surface area (Å²) < 4.78 is 2.21. The summed E-state index contributed by atoms with van der Waals surface area (Å²) in [5.41, 5.74) is 14.8. The number of unbranched alkanes of at least 4 members (excludes halogenated alkanes) is 1. The van der Waals surface area contributed by atoms with Crippen LogP contribution in [0.15, 0.2) is 36.4 Å². The third-order valence-electron chi connectivity index (χ3n) is 5.15. The first-order valence-electron chi connectivity index (χ1n) is 10.6. The van der Waals surface area contributed by atoms with Crippen LogP contribution in [-0.4, -0.2) is 27.0 Å². The van der Waals surface area contributed by atoms with E-state index in [4.69, 9.17) is 16.5 Å². The Labute approximate surface area is 182 Å². The van der Waals surface area contributed by atoms with Crippen molar-refractivity contribution >= 4 is 41.1 Å². The third kappa shape index (κ3) is 4.94. The van der Waals surface area contributed by atoms with Crippen molar-refractivity contribution < 1.29 is 4.79 Å². The number of nitrogens with two attached hydrogens (primary N) is 2. The highest BCUT2D eigenvalue weighted by Gasteiger charge is 2.14. The number of aromatic nitrogens is 3. The van der Waals surface area contributed by atoms with Gasteiger partial charge in [0.25, 0.3) is 5.91 Å². The van der Waals surface area contributed by atoms with E-state index in [0.29, 0.717) is 29.0 Å². The Morgan fingerprint density at radius 2 is 1.94 bits per heavy atom. The van der Waals surface area contributed by atoms with Gasteiger partial charge < -0.3 is 21.4 Å². The standard InChI is InChI=1S/C24H30N6O/c1-4-6-9-19-16(3)28-23(26)21-22(19)30(20(5-2)29-21)15-8-7-14-27-24(31)17-10-12-18(25)13-11-17/h4,6,9-13H,3,5,7-8,14-15,25H2,1-2H3,(H2,26,28)(H,27,31)/b6-4-,19-9+. The molecule has 1 aromatic carbocycles. The second-order valence-electron chi connectivity index (χ2n) is 7.37. The maximum absolute atomic E-state index is 12.2. The SMILES string of the molecule is C=c1nc(N)c2nc(CC)n(CCCCNC(=O)c3ccc(N)cc3)c2/c1=C/C=C\C. The fraction of sp³-hybridized carbons (Fsp3) is 0.292. The number of benzene rings is 1. The average molecular weight is 419 g/mol. The molecular formula is C24H30N6O. The van der Waals surface area contributed by atoms with E-state index in [9.17, 15) is 4.79 Å². The van der Waals surface area contributed by atoms with Gasteiger partial charge in [0.1, 0.15) is 11.3 Å². The van der Waals surface area contributed by atoms with Crippen molar-refractivity contribution in [2.45, 2.75) is 39.7 Å².